The lowest BCUT2D eigenvalue weighted by Crippen LogP contribution is -2.28. The van der Waals surface area contributed by atoms with Gasteiger partial charge in [-0.25, -0.2) is 0 Å². The van der Waals surface area contributed by atoms with E-state index in [0.717, 1.165) is 5.56 Å². The summed E-state index contributed by atoms with van der Waals surface area (Å²) in [6.45, 7) is 2.07. The molecule has 0 radical (unpaired) electrons. The van der Waals surface area contributed by atoms with Crippen LogP contribution < -0.4 is 5.32 Å². The van der Waals surface area contributed by atoms with Gasteiger partial charge in [-0.05, 0) is 36.8 Å². The first-order valence-electron chi connectivity index (χ1n) is 8.92. The number of halogens is 4. The van der Waals surface area contributed by atoms with Gasteiger partial charge in [-0.3, -0.25) is 4.79 Å². The van der Waals surface area contributed by atoms with Crippen LogP contribution in [-0.4, -0.2) is 28.3 Å². The zero-order valence-electron chi connectivity index (χ0n) is 16.1. The van der Waals surface area contributed by atoms with Crippen molar-refractivity contribution < 1.29 is 27.3 Å². The predicted molar refractivity (Wildman–Crippen MR) is 106 cm³/mol. The second-order valence-corrected chi connectivity index (χ2v) is 6.85. The van der Waals surface area contributed by atoms with Gasteiger partial charge in [0.1, 0.15) is 6.61 Å². The van der Waals surface area contributed by atoms with E-state index in [1.165, 1.54) is 24.3 Å². The monoisotopic (exact) mass is 452 g/mol. The first-order valence-corrected chi connectivity index (χ1v) is 9.29. The van der Waals surface area contributed by atoms with E-state index >= 15 is 0 Å². The van der Waals surface area contributed by atoms with Crippen molar-refractivity contribution in [2.75, 3.05) is 6.54 Å². The molecular weight excluding hydrogens is 437 g/mol. The zero-order chi connectivity index (χ0) is 22.4. The molecule has 1 N–H and O–H groups in total. The summed E-state index contributed by atoms with van der Waals surface area (Å²) in [7, 11) is 0. The SMILES string of the molecule is CC(CNC(=O)c1ccc(-c2noc(C(F)(F)F)n2)cc1)=NOCc1cccc(Cl)c1. The van der Waals surface area contributed by atoms with Gasteiger partial charge in [-0.1, -0.05) is 46.2 Å². The molecule has 0 unspecified atom stereocenters. The van der Waals surface area contributed by atoms with E-state index in [1.807, 2.05) is 6.07 Å². The van der Waals surface area contributed by atoms with Crippen molar-refractivity contribution in [1.82, 2.24) is 15.5 Å². The average Bonchev–Trinajstić information content (AvgIpc) is 3.23. The normalized spacial score (nSPS) is 12.0. The summed E-state index contributed by atoms with van der Waals surface area (Å²) in [5.74, 6) is -2.05. The van der Waals surface area contributed by atoms with E-state index in [0.29, 0.717) is 16.3 Å². The predicted octanol–water partition coefficient (Wildman–Crippen LogP) is 4.73. The Morgan fingerprint density at radius 1 is 1.23 bits per heavy atom. The number of oxime groups is 1. The fourth-order valence-electron chi connectivity index (χ4n) is 2.41. The molecule has 1 amide bonds. The largest absolute Gasteiger partial charge is 0.471 e. The Morgan fingerprint density at radius 2 is 1.97 bits per heavy atom. The molecule has 0 aliphatic rings. The summed E-state index contributed by atoms with van der Waals surface area (Å²) < 4.78 is 41.8. The summed E-state index contributed by atoms with van der Waals surface area (Å²) in [5.41, 5.74) is 1.98. The molecule has 0 saturated carbocycles. The lowest BCUT2D eigenvalue weighted by molar-refractivity contribution is -0.159. The van der Waals surface area contributed by atoms with Crippen LogP contribution in [0.2, 0.25) is 5.02 Å². The number of benzene rings is 2. The van der Waals surface area contributed by atoms with Crippen molar-refractivity contribution in [3.63, 3.8) is 0 Å². The molecule has 0 atom stereocenters. The quantitative estimate of drug-likeness (QED) is 0.413. The highest BCUT2D eigenvalue weighted by molar-refractivity contribution is 6.30. The number of alkyl halides is 3. The molecule has 0 bridgehead atoms. The topological polar surface area (TPSA) is 89.6 Å². The Bertz CT molecular complexity index is 1080. The molecule has 1 aromatic heterocycles. The van der Waals surface area contributed by atoms with Crippen molar-refractivity contribution in [2.24, 2.45) is 5.16 Å². The van der Waals surface area contributed by atoms with Gasteiger partial charge in [0, 0.05) is 16.1 Å². The van der Waals surface area contributed by atoms with Gasteiger partial charge in [0.25, 0.3) is 5.91 Å². The number of aromatic nitrogens is 2. The molecule has 0 aliphatic heterocycles. The minimum absolute atomic E-state index is 0.149. The Hall–Kier alpha value is -3.40. The molecule has 0 aliphatic carbocycles. The van der Waals surface area contributed by atoms with E-state index in [9.17, 15) is 18.0 Å². The third-order valence-corrected chi connectivity index (χ3v) is 4.15. The second-order valence-electron chi connectivity index (χ2n) is 6.41. The van der Waals surface area contributed by atoms with Crippen LogP contribution >= 0.6 is 11.6 Å². The maximum Gasteiger partial charge on any atom is 0.471 e. The molecule has 0 spiro atoms. The molecule has 11 heteroatoms. The molecule has 3 aromatic rings. The van der Waals surface area contributed by atoms with Crippen LogP contribution in [-0.2, 0) is 17.6 Å². The van der Waals surface area contributed by atoms with Crippen LogP contribution in [0.4, 0.5) is 13.2 Å². The molecule has 31 heavy (non-hydrogen) atoms. The summed E-state index contributed by atoms with van der Waals surface area (Å²) >= 11 is 5.90. The van der Waals surface area contributed by atoms with Crippen LogP contribution in [0.15, 0.2) is 58.2 Å². The smallest absolute Gasteiger partial charge is 0.391 e. The number of rotatable bonds is 7. The molecule has 0 saturated heterocycles. The van der Waals surface area contributed by atoms with Crippen molar-refractivity contribution >= 4 is 23.2 Å². The molecular formula is C20H16ClF3N4O3. The highest BCUT2D eigenvalue weighted by atomic mass is 35.5. The average molecular weight is 453 g/mol. The number of hydrogen-bond donors (Lipinski definition) is 1. The van der Waals surface area contributed by atoms with Crippen LogP contribution in [0.5, 0.6) is 0 Å². The van der Waals surface area contributed by atoms with E-state index in [4.69, 9.17) is 16.4 Å². The summed E-state index contributed by atoms with van der Waals surface area (Å²) in [6.07, 6.45) is -4.72. The second kappa shape index (κ2) is 9.61. The van der Waals surface area contributed by atoms with E-state index < -0.39 is 12.1 Å². The Kier molecular flexibility index (Phi) is 6.91. The van der Waals surface area contributed by atoms with Gasteiger partial charge in [-0.2, -0.15) is 18.2 Å². The Labute approximate surface area is 179 Å². The van der Waals surface area contributed by atoms with Gasteiger partial charge in [0.2, 0.25) is 5.82 Å². The van der Waals surface area contributed by atoms with Crippen molar-refractivity contribution in [1.29, 1.82) is 0 Å². The van der Waals surface area contributed by atoms with Crippen LogP contribution in [0.1, 0.15) is 28.7 Å². The number of carbonyl (C=O) groups is 1. The van der Waals surface area contributed by atoms with Crippen LogP contribution in [0.25, 0.3) is 11.4 Å². The molecule has 7 nitrogen and oxygen atoms in total. The van der Waals surface area contributed by atoms with Gasteiger partial charge in [0.15, 0.2) is 0 Å². The number of hydrogen-bond acceptors (Lipinski definition) is 6. The van der Waals surface area contributed by atoms with Gasteiger partial charge in [-0.15, -0.1) is 0 Å². The maximum absolute atomic E-state index is 12.5. The summed E-state index contributed by atoms with van der Waals surface area (Å²) in [5, 5.41) is 10.5. The minimum atomic E-state index is -4.72. The Balaban J connectivity index is 1.51. The molecule has 3 rings (SSSR count). The highest BCUT2D eigenvalue weighted by Gasteiger charge is 2.38. The highest BCUT2D eigenvalue weighted by Crippen LogP contribution is 2.29. The van der Waals surface area contributed by atoms with Gasteiger partial charge < -0.3 is 14.7 Å². The van der Waals surface area contributed by atoms with Crippen LogP contribution in [0, 0.1) is 0 Å². The van der Waals surface area contributed by atoms with E-state index in [1.54, 1.807) is 25.1 Å². The molecule has 1 heterocycles. The lowest BCUT2D eigenvalue weighted by atomic mass is 10.1. The van der Waals surface area contributed by atoms with Crippen molar-refractivity contribution in [3.05, 3.63) is 70.6 Å². The molecule has 2 aromatic carbocycles. The third-order valence-electron chi connectivity index (χ3n) is 3.92. The number of nitrogens with zero attached hydrogens (tertiary/aromatic N) is 3. The number of carbonyl (C=O) groups excluding carboxylic acids is 1. The molecule has 0 fully saturated rings. The van der Waals surface area contributed by atoms with Crippen LogP contribution in [0.3, 0.4) is 0 Å². The first-order chi connectivity index (χ1) is 14.7. The fourth-order valence-corrected chi connectivity index (χ4v) is 2.63. The molecule has 162 valence electrons. The van der Waals surface area contributed by atoms with Gasteiger partial charge in [0.05, 0.1) is 12.3 Å². The maximum atomic E-state index is 12.5. The first kappa shape index (κ1) is 22.3. The van der Waals surface area contributed by atoms with Crippen molar-refractivity contribution in [2.45, 2.75) is 19.7 Å². The summed E-state index contributed by atoms with van der Waals surface area (Å²) in [4.78, 5) is 20.8. The number of amides is 1. The fraction of sp³-hybridized carbons (Fsp3) is 0.200. The van der Waals surface area contributed by atoms with E-state index in [-0.39, 0.29) is 30.4 Å². The van der Waals surface area contributed by atoms with E-state index in [2.05, 4.69) is 25.1 Å². The summed E-state index contributed by atoms with van der Waals surface area (Å²) in [6, 6.07) is 12.9. The zero-order valence-corrected chi connectivity index (χ0v) is 16.9. The minimum Gasteiger partial charge on any atom is -0.391 e. The van der Waals surface area contributed by atoms with Crippen molar-refractivity contribution in [3.8, 4) is 11.4 Å². The standard InChI is InChI=1S/C20H16ClF3N4O3/c1-12(27-30-11-13-3-2-4-16(21)9-13)10-25-18(29)15-7-5-14(6-8-15)17-26-19(31-28-17)20(22,23)24/h2-9H,10-11H2,1H3,(H,25,29). The lowest BCUT2D eigenvalue weighted by Gasteiger charge is -2.06. The van der Waals surface area contributed by atoms with Gasteiger partial charge >= 0.3 is 12.1 Å². The number of nitrogens with one attached hydrogen (secondary N) is 1. The Morgan fingerprint density at radius 3 is 2.61 bits per heavy atom. The third kappa shape index (κ3) is 6.29.